The molecule has 4 heterocycles. The molecule has 0 saturated heterocycles. The first-order valence-electron chi connectivity index (χ1n) is 7.22. The van der Waals surface area contributed by atoms with E-state index in [2.05, 4.69) is 15.4 Å². The number of fused-ring (bicyclic) bond motifs is 1. The molecule has 0 unspecified atom stereocenters. The van der Waals surface area contributed by atoms with E-state index in [1.165, 1.54) is 11.3 Å². The summed E-state index contributed by atoms with van der Waals surface area (Å²) in [4.78, 5) is 22.6. The normalized spacial score (nSPS) is 11.1. The molecule has 0 aromatic carbocycles. The number of thiazole rings is 1. The van der Waals surface area contributed by atoms with Gasteiger partial charge in [0, 0.05) is 18.6 Å². The summed E-state index contributed by atoms with van der Waals surface area (Å²) < 4.78 is 1.71. The van der Waals surface area contributed by atoms with Crippen molar-refractivity contribution in [1.29, 1.82) is 0 Å². The highest BCUT2D eigenvalue weighted by Gasteiger charge is 2.20. The smallest absolute Gasteiger partial charge is 0.258 e. The zero-order valence-corrected chi connectivity index (χ0v) is 14.6. The summed E-state index contributed by atoms with van der Waals surface area (Å²) in [5, 5.41) is 12.4. The first-order chi connectivity index (χ1) is 11.6. The van der Waals surface area contributed by atoms with Gasteiger partial charge >= 0.3 is 0 Å². The van der Waals surface area contributed by atoms with Crippen LogP contribution < -0.4 is 5.32 Å². The van der Waals surface area contributed by atoms with Crippen molar-refractivity contribution in [2.75, 3.05) is 5.32 Å². The maximum atomic E-state index is 12.8. The van der Waals surface area contributed by atoms with Crippen molar-refractivity contribution >= 4 is 44.7 Å². The number of hydrogen-bond acceptors (Lipinski definition) is 6. The number of aromatic nitrogens is 4. The van der Waals surface area contributed by atoms with Gasteiger partial charge in [-0.1, -0.05) is 6.07 Å². The molecule has 0 fully saturated rings. The largest absolute Gasteiger partial charge is 0.298 e. The summed E-state index contributed by atoms with van der Waals surface area (Å²) in [6.45, 7) is 1.88. The van der Waals surface area contributed by atoms with Gasteiger partial charge in [-0.15, -0.1) is 22.7 Å². The van der Waals surface area contributed by atoms with Crippen LogP contribution in [0.15, 0.2) is 35.2 Å². The molecule has 24 heavy (non-hydrogen) atoms. The average Bonchev–Trinajstić information content (AvgIpc) is 3.30. The van der Waals surface area contributed by atoms with Crippen molar-refractivity contribution in [2.24, 2.45) is 7.05 Å². The Kier molecular flexibility index (Phi) is 3.62. The fourth-order valence-corrected chi connectivity index (χ4v) is 3.83. The third-order valence-electron chi connectivity index (χ3n) is 3.64. The number of nitrogens with zero attached hydrogens (tertiary/aromatic N) is 4. The van der Waals surface area contributed by atoms with Crippen LogP contribution in [0.3, 0.4) is 0 Å². The third kappa shape index (κ3) is 2.49. The molecule has 8 heteroatoms. The second-order valence-electron chi connectivity index (χ2n) is 5.23. The maximum Gasteiger partial charge on any atom is 0.258 e. The fourth-order valence-electron chi connectivity index (χ4n) is 2.62. The van der Waals surface area contributed by atoms with Crippen LogP contribution in [0.2, 0.25) is 0 Å². The third-order valence-corrected chi connectivity index (χ3v) is 5.22. The van der Waals surface area contributed by atoms with E-state index < -0.39 is 0 Å². The van der Waals surface area contributed by atoms with Gasteiger partial charge in [-0.25, -0.2) is 9.97 Å². The Labute approximate surface area is 145 Å². The molecule has 0 aliphatic carbocycles. The summed E-state index contributed by atoms with van der Waals surface area (Å²) in [6.07, 6.45) is 1.66. The van der Waals surface area contributed by atoms with Crippen molar-refractivity contribution in [3.8, 4) is 10.6 Å². The fraction of sp³-hybridized carbons (Fsp3) is 0.125. The maximum absolute atomic E-state index is 12.8. The Morgan fingerprint density at radius 1 is 1.29 bits per heavy atom. The number of aryl methyl sites for hydroxylation is 2. The second kappa shape index (κ2) is 5.81. The Balaban J connectivity index is 1.90. The van der Waals surface area contributed by atoms with Gasteiger partial charge in [-0.2, -0.15) is 5.10 Å². The van der Waals surface area contributed by atoms with Gasteiger partial charge < -0.3 is 0 Å². The molecule has 120 valence electrons. The first kappa shape index (κ1) is 15.0. The monoisotopic (exact) mass is 355 g/mol. The highest BCUT2D eigenvalue weighted by Crippen LogP contribution is 2.29. The van der Waals surface area contributed by atoms with E-state index in [9.17, 15) is 4.79 Å². The van der Waals surface area contributed by atoms with Crippen LogP contribution in [0.25, 0.3) is 21.6 Å². The van der Waals surface area contributed by atoms with Crippen LogP contribution in [0, 0.1) is 6.92 Å². The minimum absolute atomic E-state index is 0.203. The molecule has 0 aliphatic rings. The van der Waals surface area contributed by atoms with Gasteiger partial charge in [-0.3, -0.25) is 14.8 Å². The Bertz CT molecular complexity index is 1020. The lowest BCUT2D eigenvalue weighted by molar-refractivity contribution is 0.102. The number of hydrogen-bond donors (Lipinski definition) is 1. The van der Waals surface area contributed by atoms with Crippen LogP contribution in [0.1, 0.15) is 16.1 Å². The molecule has 4 aromatic heterocycles. The lowest BCUT2D eigenvalue weighted by Crippen LogP contribution is -2.13. The number of nitrogens with one attached hydrogen (secondary N) is 1. The number of pyridine rings is 1. The Morgan fingerprint density at radius 2 is 2.17 bits per heavy atom. The van der Waals surface area contributed by atoms with Gasteiger partial charge in [0.2, 0.25) is 0 Å². The van der Waals surface area contributed by atoms with Crippen LogP contribution >= 0.6 is 22.7 Å². The SMILES string of the molecule is Cc1nn(C)c2nc(-c3cccs3)cc(C(=O)Nc3nccs3)c12. The number of rotatable bonds is 3. The highest BCUT2D eigenvalue weighted by molar-refractivity contribution is 7.14. The molecule has 1 amide bonds. The van der Waals surface area contributed by atoms with Crippen LogP contribution in [-0.4, -0.2) is 25.7 Å². The molecular formula is C16H13N5OS2. The molecule has 4 rings (SSSR count). The number of carbonyl (C=O) groups excluding carboxylic acids is 1. The minimum atomic E-state index is -0.203. The number of thiophene rings is 1. The quantitative estimate of drug-likeness (QED) is 0.608. The number of carbonyl (C=O) groups is 1. The van der Waals surface area contributed by atoms with E-state index >= 15 is 0 Å². The zero-order chi connectivity index (χ0) is 16.7. The van der Waals surface area contributed by atoms with Crippen LogP contribution in [0.5, 0.6) is 0 Å². The summed E-state index contributed by atoms with van der Waals surface area (Å²) in [5.74, 6) is -0.203. The zero-order valence-electron chi connectivity index (χ0n) is 13.0. The molecule has 0 radical (unpaired) electrons. The Hall–Kier alpha value is -2.58. The Morgan fingerprint density at radius 3 is 2.88 bits per heavy atom. The topological polar surface area (TPSA) is 72.7 Å². The molecule has 1 N–H and O–H groups in total. The lowest BCUT2D eigenvalue weighted by atomic mass is 10.1. The van der Waals surface area contributed by atoms with Gasteiger partial charge in [-0.05, 0) is 24.4 Å². The van der Waals surface area contributed by atoms with Gasteiger partial charge in [0.25, 0.3) is 5.91 Å². The van der Waals surface area contributed by atoms with Crippen molar-refractivity contribution < 1.29 is 4.79 Å². The molecule has 0 bridgehead atoms. The predicted octanol–water partition coefficient (Wildman–Crippen LogP) is 3.71. The van der Waals surface area contributed by atoms with E-state index in [-0.39, 0.29) is 5.91 Å². The van der Waals surface area contributed by atoms with E-state index in [0.29, 0.717) is 16.3 Å². The summed E-state index contributed by atoms with van der Waals surface area (Å²) in [6, 6.07) is 5.78. The van der Waals surface area contributed by atoms with Gasteiger partial charge in [0.15, 0.2) is 10.8 Å². The summed E-state index contributed by atoms with van der Waals surface area (Å²) >= 11 is 2.97. The molecule has 0 atom stereocenters. The van der Waals surface area contributed by atoms with Gasteiger partial charge in [0.05, 0.1) is 27.2 Å². The van der Waals surface area contributed by atoms with Gasteiger partial charge in [0.1, 0.15) is 0 Å². The average molecular weight is 355 g/mol. The molecule has 4 aromatic rings. The molecule has 0 saturated carbocycles. The number of amides is 1. The molecule has 6 nitrogen and oxygen atoms in total. The van der Waals surface area contributed by atoms with Crippen molar-refractivity contribution in [3.05, 3.63) is 46.4 Å². The highest BCUT2D eigenvalue weighted by atomic mass is 32.1. The van der Waals surface area contributed by atoms with Crippen molar-refractivity contribution in [1.82, 2.24) is 19.7 Å². The summed E-state index contributed by atoms with van der Waals surface area (Å²) in [5.41, 5.74) is 2.80. The minimum Gasteiger partial charge on any atom is -0.298 e. The van der Waals surface area contributed by atoms with E-state index in [0.717, 1.165) is 21.7 Å². The first-order valence-corrected chi connectivity index (χ1v) is 8.98. The van der Waals surface area contributed by atoms with Crippen molar-refractivity contribution in [3.63, 3.8) is 0 Å². The molecular weight excluding hydrogens is 342 g/mol. The van der Waals surface area contributed by atoms with E-state index in [1.807, 2.05) is 42.9 Å². The molecule has 0 spiro atoms. The lowest BCUT2D eigenvalue weighted by Gasteiger charge is -2.07. The van der Waals surface area contributed by atoms with Crippen LogP contribution in [-0.2, 0) is 7.05 Å². The van der Waals surface area contributed by atoms with E-state index in [1.54, 1.807) is 22.2 Å². The number of anilines is 1. The predicted molar refractivity (Wildman–Crippen MR) is 96.6 cm³/mol. The molecule has 0 aliphatic heterocycles. The van der Waals surface area contributed by atoms with Crippen molar-refractivity contribution in [2.45, 2.75) is 6.92 Å². The second-order valence-corrected chi connectivity index (χ2v) is 7.07. The standard InChI is InChI=1S/C16H13N5OS2/c1-9-13-10(15(22)19-16-17-5-7-24-16)8-11(12-4-3-6-23-12)18-14(13)21(2)20-9/h3-8H,1-2H3,(H,17,19,22). The van der Waals surface area contributed by atoms with E-state index in [4.69, 9.17) is 4.98 Å². The van der Waals surface area contributed by atoms with Crippen LogP contribution in [0.4, 0.5) is 5.13 Å². The summed E-state index contributed by atoms with van der Waals surface area (Å²) in [7, 11) is 1.84.